The second kappa shape index (κ2) is 8.60. The molecule has 0 spiro atoms. The summed E-state index contributed by atoms with van der Waals surface area (Å²) in [5, 5.41) is 9.24. The van der Waals surface area contributed by atoms with Crippen LogP contribution in [0.4, 0.5) is 0 Å². The van der Waals surface area contributed by atoms with E-state index in [1.165, 1.54) is 20.3 Å². The maximum absolute atomic E-state index is 12.6. The standard InChI is InChI=1S/C15H20NO5P/c1-5-20-22(17,21-6-2)13(11-16)9-12-7-8-14(18-3)15(10-12)19-4/h7-10H,5-6H2,1-4H3/b13-9+. The molecule has 0 aliphatic rings. The molecule has 0 saturated carbocycles. The predicted molar refractivity (Wildman–Crippen MR) is 84.0 cm³/mol. The lowest BCUT2D eigenvalue weighted by atomic mass is 10.2. The fraction of sp³-hybridized carbons (Fsp3) is 0.400. The first-order valence-corrected chi connectivity index (χ1v) is 8.32. The number of rotatable bonds is 8. The van der Waals surface area contributed by atoms with Crippen molar-refractivity contribution < 1.29 is 23.1 Å². The van der Waals surface area contributed by atoms with E-state index < -0.39 is 7.60 Å². The monoisotopic (exact) mass is 325 g/mol. The van der Waals surface area contributed by atoms with Crippen molar-refractivity contribution in [3.8, 4) is 17.6 Å². The highest BCUT2D eigenvalue weighted by molar-refractivity contribution is 7.59. The van der Waals surface area contributed by atoms with Crippen LogP contribution in [0.3, 0.4) is 0 Å². The molecule has 0 amide bonds. The molecule has 120 valence electrons. The Labute approximate surface area is 130 Å². The van der Waals surface area contributed by atoms with Crippen LogP contribution in [0.15, 0.2) is 23.5 Å². The predicted octanol–water partition coefficient (Wildman–Crippen LogP) is 3.83. The number of ether oxygens (including phenoxy) is 2. The Morgan fingerprint density at radius 2 is 1.77 bits per heavy atom. The maximum Gasteiger partial charge on any atom is 0.371 e. The molecule has 0 unspecified atom stereocenters. The van der Waals surface area contributed by atoms with Gasteiger partial charge in [-0.2, -0.15) is 5.26 Å². The molecule has 1 rings (SSSR count). The SMILES string of the molecule is CCOP(=O)(OCC)/C(C#N)=C/c1ccc(OC)c(OC)c1. The van der Waals surface area contributed by atoms with Crippen LogP contribution in [0.1, 0.15) is 19.4 Å². The Bertz CT molecular complexity index is 611. The van der Waals surface area contributed by atoms with Crippen molar-refractivity contribution >= 4 is 13.7 Å². The van der Waals surface area contributed by atoms with Gasteiger partial charge < -0.3 is 18.5 Å². The molecule has 7 heteroatoms. The first-order valence-electron chi connectivity index (χ1n) is 6.78. The summed E-state index contributed by atoms with van der Waals surface area (Å²) in [5.74, 6) is 1.08. The molecule has 0 aliphatic heterocycles. The first-order chi connectivity index (χ1) is 10.5. The van der Waals surface area contributed by atoms with Crippen LogP contribution >= 0.6 is 7.60 Å². The minimum absolute atomic E-state index is 0.0524. The lowest BCUT2D eigenvalue weighted by Gasteiger charge is -2.16. The lowest BCUT2D eigenvalue weighted by Crippen LogP contribution is -1.98. The zero-order valence-corrected chi connectivity index (χ0v) is 14.1. The molecule has 1 aromatic rings. The van der Waals surface area contributed by atoms with Gasteiger partial charge in [0.05, 0.1) is 27.4 Å². The molecule has 0 fully saturated rings. The van der Waals surface area contributed by atoms with Crippen LogP contribution in [0.5, 0.6) is 11.5 Å². The number of methoxy groups -OCH3 is 2. The average Bonchev–Trinajstić information content (AvgIpc) is 2.52. The van der Waals surface area contributed by atoms with Crippen LogP contribution < -0.4 is 9.47 Å². The minimum atomic E-state index is -3.61. The number of allylic oxidation sites excluding steroid dienone is 1. The van der Waals surface area contributed by atoms with E-state index in [1.807, 2.05) is 6.07 Å². The van der Waals surface area contributed by atoms with Gasteiger partial charge in [0.15, 0.2) is 11.5 Å². The van der Waals surface area contributed by atoms with Crippen molar-refractivity contribution in [1.82, 2.24) is 0 Å². The fourth-order valence-corrected chi connectivity index (χ4v) is 3.25. The topological polar surface area (TPSA) is 77.8 Å². The molecule has 0 heterocycles. The molecule has 0 radical (unpaired) electrons. The number of nitriles is 1. The van der Waals surface area contributed by atoms with Gasteiger partial charge in [-0.1, -0.05) is 6.07 Å². The third kappa shape index (κ3) is 4.35. The van der Waals surface area contributed by atoms with E-state index in [0.29, 0.717) is 17.1 Å². The number of hydrogen-bond acceptors (Lipinski definition) is 6. The van der Waals surface area contributed by atoms with Crippen LogP contribution in [0.25, 0.3) is 6.08 Å². The summed E-state index contributed by atoms with van der Waals surface area (Å²) in [6, 6.07) is 7.01. The van der Waals surface area contributed by atoms with Crippen molar-refractivity contribution in [3.63, 3.8) is 0 Å². The maximum atomic E-state index is 12.6. The van der Waals surface area contributed by atoms with E-state index in [9.17, 15) is 9.83 Å². The van der Waals surface area contributed by atoms with E-state index in [4.69, 9.17) is 18.5 Å². The second-order valence-corrected chi connectivity index (χ2v) is 6.08. The van der Waals surface area contributed by atoms with Gasteiger partial charge in [-0.05, 0) is 37.6 Å². The molecule has 0 atom stereocenters. The van der Waals surface area contributed by atoms with Crippen molar-refractivity contribution in [2.75, 3.05) is 27.4 Å². The zero-order valence-electron chi connectivity index (χ0n) is 13.2. The van der Waals surface area contributed by atoms with Gasteiger partial charge in [0.1, 0.15) is 11.4 Å². The van der Waals surface area contributed by atoms with Gasteiger partial charge in [0.2, 0.25) is 0 Å². The molecule has 0 saturated heterocycles. The average molecular weight is 325 g/mol. The number of hydrogen-bond donors (Lipinski definition) is 0. The number of nitrogens with zero attached hydrogens (tertiary/aromatic N) is 1. The molecule has 0 aliphatic carbocycles. The van der Waals surface area contributed by atoms with E-state index in [0.717, 1.165) is 0 Å². The summed E-state index contributed by atoms with van der Waals surface area (Å²) in [4.78, 5) is 0. The van der Waals surface area contributed by atoms with Gasteiger partial charge in [-0.3, -0.25) is 4.57 Å². The van der Waals surface area contributed by atoms with E-state index >= 15 is 0 Å². The van der Waals surface area contributed by atoms with Crippen LogP contribution in [-0.2, 0) is 13.6 Å². The van der Waals surface area contributed by atoms with E-state index in [-0.39, 0.29) is 18.5 Å². The third-order valence-electron chi connectivity index (χ3n) is 2.72. The molecule has 0 aromatic heterocycles. The van der Waals surface area contributed by atoms with Gasteiger partial charge in [-0.25, -0.2) is 0 Å². The van der Waals surface area contributed by atoms with E-state index in [1.54, 1.807) is 32.0 Å². The summed E-state index contributed by atoms with van der Waals surface area (Å²) in [5.41, 5.74) is 0.633. The summed E-state index contributed by atoms with van der Waals surface area (Å²) in [6.07, 6.45) is 1.47. The molecule has 22 heavy (non-hydrogen) atoms. The molecule has 0 N–H and O–H groups in total. The minimum Gasteiger partial charge on any atom is -0.493 e. The van der Waals surface area contributed by atoms with E-state index in [2.05, 4.69) is 0 Å². The van der Waals surface area contributed by atoms with Crippen molar-refractivity contribution in [2.45, 2.75) is 13.8 Å². The summed E-state index contributed by atoms with van der Waals surface area (Å²) in [7, 11) is -0.559. The Morgan fingerprint density at radius 3 is 2.23 bits per heavy atom. The molecular weight excluding hydrogens is 305 g/mol. The third-order valence-corrected chi connectivity index (χ3v) is 4.73. The van der Waals surface area contributed by atoms with Crippen LogP contribution in [0, 0.1) is 11.3 Å². The van der Waals surface area contributed by atoms with Crippen molar-refractivity contribution in [3.05, 3.63) is 29.1 Å². The van der Waals surface area contributed by atoms with Gasteiger partial charge in [-0.15, -0.1) is 0 Å². The fourth-order valence-electron chi connectivity index (χ4n) is 1.79. The van der Waals surface area contributed by atoms with Gasteiger partial charge in [0, 0.05) is 0 Å². The lowest BCUT2D eigenvalue weighted by molar-refractivity contribution is 0.227. The Kier molecular flexibility index (Phi) is 7.13. The Hall–Kier alpha value is -1.80. The van der Waals surface area contributed by atoms with Gasteiger partial charge in [0.25, 0.3) is 0 Å². The first kappa shape index (κ1) is 18.2. The highest BCUT2D eigenvalue weighted by atomic mass is 31.2. The largest absolute Gasteiger partial charge is 0.493 e. The molecular formula is C15H20NO5P. The Morgan fingerprint density at radius 1 is 1.18 bits per heavy atom. The zero-order chi connectivity index (χ0) is 16.6. The van der Waals surface area contributed by atoms with Crippen LogP contribution in [-0.4, -0.2) is 27.4 Å². The van der Waals surface area contributed by atoms with Crippen LogP contribution in [0.2, 0.25) is 0 Å². The summed E-state index contributed by atoms with van der Waals surface area (Å²) < 4.78 is 33.4. The molecule has 1 aromatic carbocycles. The van der Waals surface area contributed by atoms with Gasteiger partial charge >= 0.3 is 7.60 Å². The highest BCUT2D eigenvalue weighted by Crippen LogP contribution is 2.56. The number of benzene rings is 1. The quantitative estimate of drug-likeness (QED) is 0.534. The highest BCUT2D eigenvalue weighted by Gasteiger charge is 2.29. The smallest absolute Gasteiger partial charge is 0.371 e. The summed E-state index contributed by atoms with van der Waals surface area (Å²) in [6.45, 7) is 3.75. The van der Waals surface area contributed by atoms with Crippen molar-refractivity contribution in [1.29, 1.82) is 5.26 Å². The Balaban J connectivity index is 3.27. The summed E-state index contributed by atoms with van der Waals surface area (Å²) >= 11 is 0. The molecule has 6 nitrogen and oxygen atoms in total. The van der Waals surface area contributed by atoms with Crippen molar-refractivity contribution in [2.24, 2.45) is 0 Å². The normalized spacial score (nSPS) is 11.9. The second-order valence-electron chi connectivity index (χ2n) is 4.09. The molecule has 0 bridgehead atoms.